The van der Waals surface area contributed by atoms with Crippen LogP contribution in [0.3, 0.4) is 0 Å². The van der Waals surface area contributed by atoms with Gasteiger partial charge in [0.25, 0.3) is 0 Å². The third-order valence-electron chi connectivity index (χ3n) is 4.03. The molecule has 0 spiro atoms. The summed E-state index contributed by atoms with van der Waals surface area (Å²) in [6, 6.07) is 6.03. The quantitative estimate of drug-likeness (QED) is 0.430. The highest BCUT2D eigenvalue weighted by Gasteiger charge is 2.12. The number of halogens is 2. The zero-order valence-electron chi connectivity index (χ0n) is 13.2. The Labute approximate surface area is 163 Å². The lowest BCUT2D eigenvalue weighted by Crippen LogP contribution is -2.42. The molecule has 1 aromatic carbocycles. The Hall–Kier alpha value is -0.600. The number of benzene rings is 1. The van der Waals surface area contributed by atoms with Crippen LogP contribution >= 0.6 is 47.3 Å². The highest BCUT2D eigenvalue weighted by molar-refractivity contribution is 14.0. The molecule has 0 unspecified atom stereocenters. The molecular formula is C16H22ClIN4S. The number of guanidine groups is 1. The monoisotopic (exact) mass is 464 g/mol. The van der Waals surface area contributed by atoms with Crippen molar-refractivity contribution in [2.45, 2.75) is 6.42 Å². The van der Waals surface area contributed by atoms with Crippen molar-refractivity contribution in [3.63, 3.8) is 0 Å². The Balaban J connectivity index is 0.00000192. The summed E-state index contributed by atoms with van der Waals surface area (Å²) in [4.78, 5) is 6.73. The van der Waals surface area contributed by atoms with Crippen molar-refractivity contribution in [2.24, 2.45) is 17.8 Å². The SMILES string of the molecule is Cn1cc(CCN=C(N)N2CCSCC2)c2ccc(Cl)cc21.I. The maximum Gasteiger partial charge on any atom is 0.191 e. The van der Waals surface area contributed by atoms with Gasteiger partial charge in [-0.15, -0.1) is 24.0 Å². The third-order valence-corrected chi connectivity index (χ3v) is 5.20. The maximum atomic E-state index is 6.09. The smallest absolute Gasteiger partial charge is 0.191 e. The van der Waals surface area contributed by atoms with Gasteiger partial charge in [0.05, 0.1) is 0 Å². The Bertz CT molecular complexity index is 695. The maximum absolute atomic E-state index is 6.09. The van der Waals surface area contributed by atoms with Crippen molar-refractivity contribution in [2.75, 3.05) is 31.1 Å². The summed E-state index contributed by atoms with van der Waals surface area (Å²) in [6.07, 6.45) is 3.05. The van der Waals surface area contributed by atoms with E-state index in [1.54, 1.807) is 0 Å². The predicted octanol–water partition coefficient (Wildman–Crippen LogP) is 3.36. The van der Waals surface area contributed by atoms with E-state index in [9.17, 15) is 0 Å². The molecule has 1 aliphatic rings. The highest BCUT2D eigenvalue weighted by atomic mass is 127. The van der Waals surface area contributed by atoms with Crippen LogP contribution in [0.15, 0.2) is 29.4 Å². The van der Waals surface area contributed by atoms with Crippen molar-refractivity contribution in [3.8, 4) is 0 Å². The number of aromatic nitrogens is 1. The van der Waals surface area contributed by atoms with E-state index in [1.807, 2.05) is 30.9 Å². The van der Waals surface area contributed by atoms with Crippen LogP contribution in [-0.4, -0.2) is 46.6 Å². The van der Waals surface area contributed by atoms with Gasteiger partial charge in [0.1, 0.15) is 0 Å². The van der Waals surface area contributed by atoms with Crippen LogP contribution in [-0.2, 0) is 13.5 Å². The normalized spacial score (nSPS) is 15.7. The van der Waals surface area contributed by atoms with E-state index >= 15 is 0 Å². The first-order valence-corrected chi connectivity index (χ1v) is 9.04. The van der Waals surface area contributed by atoms with Crippen LogP contribution < -0.4 is 5.73 Å². The molecule has 126 valence electrons. The van der Waals surface area contributed by atoms with Gasteiger partial charge in [-0.1, -0.05) is 17.7 Å². The lowest BCUT2D eigenvalue weighted by molar-refractivity contribution is 0.456. The number of rotatable bonds is 3. The summed E-state index contributed by atoms with van der Waals surface area (Å²) in [5.74, 6) is 2.96. The van der Waals surface area contributed by atoms with Gasteiger partial charge in [-0.3, -0.25) is 4.99 Å². The lowest BCUT2D eigenvalue weighted by Gasteiger charge is -2.27. The fourth-order valence-corrected chi connectivity index (χ4v) is 3.89. The lowest BCUT2D eigenvalue weighted by atomic mass is 10.1. The molecular weight excluding hydrogens is 443 g/mol. The molecule has 1 fully saturated rings. The molecule has 23 heavy (non-hydrogen) atoms. The molecule has 2 heterocycles. The minimum Gasteiger partial charge on any atom is -0.370 e. The largest absolute Gasteiger partial charge is 0.370 e. The second-order valence-corrected chi connectivity index (χ2v) is 7.18. The van der Waals surface area contributed by atoms with E-state index in [1.165, 1.54) is 10.9 Å². The number of aryl methyl sites for hydroxylation is 1. The van der Waals surface area contributed by atoms with Crippen LogP contribution in [0.25, 0.3) is 10.9 Å². The molecule has 0 radical (unpaired) electrons. The van der Waals surface area contributed by atoms with E-state index in [4.69, 9.17) is 17.3 Å². The minimum absolute atomic E-state index is 0. The Morgan fingerprint density at radius 3 is 2.83 bits per heavy atom. The number of fused-ring (bicyclic) bond motifs is 1. The Morgan fingerprint density at radius 1 is 1.35 bits per heavy atom. The van der Waals surface area contributed by atoms with E-state index < -0.39 is 0 Å². The first kappa shape index (κ1) is 18.7. The van der Waals surface area contributed by atoms with Gasteiger partial charge in [0.15, 0.2) is 5.96 Å². The predicted molar refractivity (Wildman–Crippen MR) is 112 cm³/mol. The van der Waals surface area contributed by atoms with Gasteiger partial charge in [0.2, 0.25) is 0 Å². The molecule has 2 N–H and O–H groups in total. The average Bonchev–Trinajstić information content (AvgIpc) is 2.84. The second kappa shape index (κ2) is 8.48. The zero-order valence-corrected chi connectivity index (χ0v) is 17.1. The van der Waals surface area contributed by atoms with Crippen LogP contribution in [0.2, 0.25) is 5.02 Å². The van der Waals surface area contributed by atoms with Crippen LogP contribution in [0.4, 0.5) is 0 Å². The van der Waals surface area contributed by atoms with Crippen LogP contribution in [0.5, 0.6) is 0 Å². The van der Waals surface area contributed by atoms with Crippen molar-refractivity contribution in [1.82, 2.24) is 9.47 Å². The van der Waals surface area contributed by atoms with Gasteiger partial charge < -0.3 is 15.2 Å². The van der Waals surface area contributed by atoms with Crippen LogP contribution in [0.1, 0.15) is 5.56 Å². The molecule has 7 heteroatoms. The minimum atomic E-state index is 0. The third kappa shape index (κ3) is 4.48. The van der Waals surface area contributed by atoms with E-state index in [0.29, 0.717) is 5.96 Å². The molecule has 0 amide bonds. The first-order valence-electron chi connectivity index (χ1n) is 7.51. The van der Waals surface area contributed by atoms with Crippen LogP contribution in [0, 0.1) is 0 Å². The van der Waals surface area contributed by atoms with E-state index in [0.717, 1.165) is 48.1 Å². The molecule has 0 bridgehead atoms. The molecule has 0 saturated carbocycles. The summed E-state index contributed by atoms with van der Waals surface area (Å²) < 4.78 is 2.12. The molecule has 1 aliphatic heterocycles. The van der Waals surface area contributed by atoms with Gasteiger partial charge in [-0.05, 0) is 24.1 Å². The molecule has 1 aromatic heterocycles. The van der Waals surface area contributed by atoms with E-state index in [2.05, 4.69) is 26.7 Å². The van der Waals surface area contributed by atoms with Crippen molar-refractivity contribution < 1.29 is 0 Å². The molecule has 4 nitrogen and oxygen atoms in total. The number of nitrogens with zero attached hydrogens (tertiary/aromatic N) is 3. The molecule has 3 rings (SSSR count). The molecule has 2 aromatic rings. The molecule has 1 saturated heterocycles. The van der Waals surface area contributed by atoms with Crippen molar-refractivity contribution in [3.05, 3.63) is 35.0 Å². The second-order valence-electron chi connectivity index (χ2n) is 5.52. The average molecular weight is 465 g/mol. The molecule has 0 aliphatic carbocycles. The van der Waals surface area contributed by atoms with Gasteiger partial charge >= 0.3 is 0 Å². The highest BCUT2D eigenvalue weighted by Crippen LogP contribution is 2.24. The number of thioether (sulfide) groups is 1. The Morgan fingerprint density at radius 2 is 2.09 bits per heavy atom. The Kier molecular flexibility index (Phi) is 6.91. The topological polar surface area (TPSA) is 46.6 Å². The van der Waals surface area contributed by atoms with Crippen molar-refractivity contribution in [1.29, 1.82) is 0 Å². The molecule has 0 atom stereocenters. The summed E-state index contributed by atoms with van der Waals surface area (Å²) in [6.45, 7) is 2.73. The number of hydrogen-bond acceptors (Lipinski definition) is 2. The summed E-state index contributed by atoms with van der Waals surface area (Å²) in [5, 5.41) is 2.01. The number of hydrogen-bond donors (Lipinski definition) is 1. The summed E-state index contributed by atoms with van der Waals surface area (Å²) >= 11 is 8.05. The number of nitrogens with two attached hydrogens (primary N) is 1. The van der Waals surface area contributed by atoms with Crippen molar-refractivity contribution >= 4 is 64.2 Å². The van der Waals surface area contributed by atoms with Gasteiger partial charge in [0, 0.05) is 60.3 Å². The first-order chi connectivity index (χ1) is 10.6. The fourth-order valence-electron chi connectivity index (χ4n) is 2.82. The number of aliphatic imine (C=N–C) groups is 1. The summed E-state index contributed by atoms with van der Waals surface area (Å²) in [5.41, 5.74) is 8.55. The van der Waals surface area contributed by atoms with E-state index in [-0.39, 0.29) is 24.0 Å². The standard InChI is InChI=1S/C16H21ClN4S.HI/c1-20-11-12(14-3-2-13(17)10-15(14)20)4-5-19-16(18)21-6-8-22-9-7-21;/h2-3,10-11H,4-9H2,1H3,(H2,18,19);1H. The van der Waals surface area contributed by atoms with Gasteiger partial charge in [-0.2, -0.15) is 11.8 Å². The summed E-state index contributed by atoms with van der Waals surface area (Å²) in [7, 11) is 2.05. The fraction of sp³-hybridized carbons (Fsp3) is 0.438. The van der Waals surface area contributed by atoms with Gasteiger partial charge in [-0.25, -0.2) is 0 Å². The zero-order chi connectivity index (χ0) is 15.5.